The van der Waals surface area contributed by atoms with E-state index in [4.69, 9.17) is 0 Å². The van der Waals surface area contributed by atoms with Crippen molar-refractivity contribution in [3.05, 3.63) is 35.5 Å². The standard InChI is InChI=1S/C18H24N2O/c1-3-14-7-4-8-15-16(10-19-18(14)15)17(21)12-20-9-5-6-13(2)11-20/h4,7-8,10,13,19H,3,5-6,9,11-12H2,1-2H3/t13-/m0/s1. The molecule has 3 rings (SSSR count). The number of piperidine rings is 1. The van der Waals surface area contributed by atoms with Gasteiger partial charge < -0.3 is 4.98 Å². The quantitative estimate of drug-likeness (QED) is 0.870. The summed E-state index contributed by atoms with van der Waals surface area (Å²) in [6.45, 7) is 7.07. The lowest BCUT2D eigenvalue weighted by atomic mass is 9.99. The Bertz CT molecular complexity index is 644. The molecule has 3 heteroatoms. The Morgan fingerprint density at radius 2 is 2.29 bits per heavy atom. The molecule has 1 aliphatic heterocycles. The number of rotatable bonds is 4. The monoisotopic (exact) mass is 284 g/mol. The summed E-state index contributed by atoms with van der Waals surface area (Å²) in [5, 5.41) is 1.07. The first-order valence-corrected chi connectivity index (χ1v) is 8.03. The number of Topliss-reactive ketones (excluding diaryl/α,β-unsaturated/α-hetero) is 1. The summed E-state index contributed by atoms with van der Waals surface area (Å²) in [6.07, 6.45) is 5.37. The lowest BCUT2D eigenvalue weighted by Gasteiger charge is -2.30. The van der Waals surface area contributed by atoms with E-state index in [1.807, 2.05) is 6.20 Å². The van der Waals surface area contributed by atoms with E-state index in [1.54, 1.807) is 0 Å². The fourth-order valence-electron chi connectivity index (χ4n) is 3.46. The van der Waals surface area contributed by atoms with Crippen LogP contribution in [-0.2, 0) is 6.42 Å². The summed E-state index contributed by atoms with van der Waals surface area (Å²) in [6, 6.07) is 6.23. The van der Waals surface area contributed by atoms with Gasteiger partial charge in [-0.25, -0.2) is 0 Å². The van der Waals surface area contributed by atoms with E-state index in [2.05, 4.69) is 41.9 Å². The van der Waals surface area contributed by atoms with Crippen molar-refractivity contribution in [2.45, 2.75) is 33.1 Å². The van der Waals surface area contributed by atoms with E-state index in [9.17, 15) is 4.79 Å². The highest BCUT2D eigenvalue weighted by molar-refractivity contribution is 6.09. The highest BCUT2D eigenvalue weighted by atomic mass is 16.1. The van der Waals surface area contributed by atoms with Gasteiger partial charge in [-0.1, -0.05) is 32.0 Å². The number of carbonyl (C=O) groups excluding carboxylic acids is 1. The molecule has 2 heterocycles. The van der Waals surface area contributed by atoms with Crippen LogP contribution in [0.4, 0.5) is 0 Å². The Kier molecular flexibility index (Phi) is 4.11. The highest BCUT2D eigenvalue weighted by Crippen LogP contribution is 2.23. The Morgan fingerprint density at radius 3 is 3.05 bits per heavy atom. The second kappa shape index (κ2) is 6.02. The molecule has 1 fully saturated rings. The summed E-state index contributed by atoms with van der Waals surface area (Å²) in [5.41, 5.74) is 3.24. The predicted octanol–water partition coefficient (Wildman–Crippen LogP) is 3.64. The summed E-state index contributed by atoms with van der Waals surface area (Å²) in [4.78, 5) is 18.2. The molecule has 0 saturated carbocycles. The number of carbonyl (C=O) groups is 1. The van der Waals surface area contributed by atoms with Crippen LogP contribution in [0.3, 0.4) is 0 Å². The second-order valence-corrected chi connectivity index (χ2v) is 6.30. The van der Waals surface area contributed by atoms with Gasteiger partial charge in [-0.3, -0.25) is 9.69 Å². The first-order chi connectivity index (χ1) is 10.2. The zero-order valence-corrected chi connectivity index (χ0v) is 13.0. The first kappa shape index (κ1) is 14.3. The Morgan fingerprint density at radius 1 is 1.43 bits per heavy atom. The predicted molar refractivity (Wildman–Crippen MR) is 86.8 cm³/mol. The summed E-state index contributed by atoms with van der Waals surface area (Å²) in [7, 11) is 0. The number of aromatic amines is 1. The van der Waals surface area contributed by atoms with Crippen molar-refractivity contribution >= 4 is 16.7 Å². The number of para-hydroxylation sites is 1. The minimum absolute atomic E-state index is 0.239. The van der Waals surface area contributed by atoms with Crippen molar-refractivity contribution in [2.24, 2.45) is 5.92 Å². The number of aromatic nitrogens is 1. The Labute approximate surface area is 126 Å². The second-order valence-electron chi connectivity index (χ2n) is 6.30. The van der Waals surface area contributed by atoms with Crippen LogP contribution in [0.2, 0.25) is 0 Å². The largest absolute Gasteiger partial charge is 0.360 e. The normalized spacial score (nSPS) is 20.0. The molecule has 0 aliphatic carbocycles. The van der Waals surface area contributed by atoms with E-state index in [-0.39, 0.29) is 5.78 Å². The van der Waals surface area contributed by atoms with Crippen molar-refractivity contribution in [3.63, 3.8) is 0 Å². The number of H-pyrrole nitrogens is 1. The number of nitrogens with zero attached hydrogens (tertiary/aromatic N) is 1. The number of hydrogen-bond donors (Lipinski definition) is 1. The zero-order chi connectivity index (χ0) is 14.8. The molecule has 0 amide bonds. The maximum atomic E-state index is 12.6. The maximum Gasteiger partial charge on any atom is 0.178 e. The van der Waals surface area contributed by atoms with Gasteiger partial charge in [0.2, 0.25) is 0 Å². The molecule has 0 unspecified atom stereocenters. The Hall–Kier alpha value is -1.61. The molecule has 0 spiro atoms. The summed E-state index contributed by atoms with van der Waals surface area (Å²) >= 11 is 0. The molecule has 112 valence electrons. The van der Waals surface area contributed by atoms with Gasteiger partial charge in [0.05, 0.1) is 6.54 Å². The van der Waals surface area contributed by atoms with Crippen molar-refractivity contribution in [1.82, 2.24) is 9.88 Å². The van der Waals surface area contributed by atoms with Gasteiger partial charge >= 0.3 is 0 Å². The van der Waals surface area contributed by atoms with Crippen LogP contribution in [0.25, 0.3) is 10.9 Å². The van der Waals surface area contributed by atoms with Crippen LogP contribution >= 0.6 is 0 Å². The van der Waals surface area contributed by atoms with Crippen LogP contribution in [0.15, 0.2) is 24.4 Å². The number of ketones is 1. The van der Waals surface area contributed by atoms with E-state index >= 15 is 0 Å². The lowest BCUT2D eigenvalue weighted by Crippen LogP contribution is -2.37. The van der Waals surface area contributed by atoms with Crippen LogP contribution in [-0.4, -0.2) is 35.3 Å². The average Bonchev–Trinajstić information content (AvgIpc) is 2.91. The molecule has 1 aromatic heterocycles. The zero-order valence-electron chi connectivity index (χ0n) is 13.0. The molecule has 0 bridgehead atoms. The van der Waals surface area contributed by atoms with E-state index in [1.165, 1.54) is 18.4 Å². The molecular weight excluding hydrogens is 260 g/mol. The number of hydrogen-bond acceptors (Lipinski definition) is 2. The fourth-order valence-corrected chi connectivity index (χ4v) is 3.46. The number of likely N-dealkylation sites (tertiary alicyclic amines) is 1. The summed E-state index contributed by atoms with van der Waals surface area (Å²) < 4.78 is 0. The lowest BCUT2D eigenvalue weighted by molar-refractivity contribution is 0.0894. The van der Waals surface area contributed by atoms with Crippen molar-refractivity contribution in [2.75, 3.05) is 19.6 Å². The van der Waals surface area contributed by atoms with Gasteiger partial charge in [0.1, 0.15) is 0 Å². The molecule has 1 N–H and O–H groups in total. The number of nitrogens with one attached hydrogen (secondary N) is 1. The van der Waals surface area contributed by atoms with Gasteiger partial charge in [-0.2, -0.15) is 0 Å². The third kappa shape index (κ3) is 2.88. The number of benzene rings is 1. The smallest absolute Gasteiger partial charge is 0.178 e. The average molecular weight is 284 g/mol. The van der Waals surface area contributed by atoms with Gasteiger partial charge in [0, 0.05) is 29.2 Å². The van der Waals surface area contributed by atoms with Gasteiger partial charge in [-0.05, 0) is 37.3 Å². The SMILES string of the molecule is CCc1cccc2c(C(=O)CN3CCC[C@H](C)C3)c[nH]c12. The van der Waals surface area contributed by atoms with Gasteiger partial charge in [0.15, 0.2) is 5.78 Å². The van der Waals surface area contributed by atoms with Gasteiger partial charge in [0.25, 0.3) is 0 Å². The topological polar surface area (TPSA) is 36.1 Å². The first-order valence-electron chi connectivity index (χ1n) is 8.03. The highest BCUT2D eigenvalue weighted by Gasteiger charge is 2.21. The molecule has 2 aromatic rings. The molecular formula is C18H24N2O. The van der Waals surface area contributed by atoms with E-state index < -0.39 is 0 Å². The van der Waals surface area contributed by atoms with Gasteiger partial charge in [-0.15, -0.1) is 0 Å². The van der Waals surface area contributed by atoms with Crippen LogP contribution in [0.5, 0.6) is 0 Å². The number of fused-ring (bicyclic) bond motifs is 1. The third-order valence-corrected chi connectivity index (χ3v) is 4.59. The van der Waals surface area contributed by atoms with Crippen molar-refractivity contribution in [1.29, 1.82) is 0 Å². The third-order valence-electron chi connectivity index (χ3n) is 4.59. The van der Waals surface area contributed by atoms with Crippen LogP contribution < -0.4 is 0 Å². The fraction of sp³-hybridized carbons (Fsp3) is 0.500. The molecule has 1 saturated heterocycles. The van der Waals surface area contributed by atoms with Crippen LogP contribution in [0.1, 0.15) is 42.6 Å². The molecule has 1 aliphatic rings. The van der Waals surface area contributed by atoms with E-state index in [0.717, 1.165) is 36.0 Å². The minimum atomic E-state index is 0.239. The summed E-state index contributed by atoms with van der Waals surface area (Å²) in [5.74, 6) is 0.949. The maximum absolute atomic E-state index is 12.6. The Balaban J connectivity index is 1.81. The van der Waals surface area contributed by atoms with Crippen molar-refractivity contribution in [3.8, 4) is 0 Å². The molecule has 1 atom stereocenters. The molecule has 21 heavy (non-hydrogen) atoms. The molecule has 1 aromatic carbocycles. The van der Waals surface area contributed by atoms with Crippen molar-refractivity contribution < 1.29 is 4.79 Å². The minimum Gasteiger partial charge on any atom is -0.360 e. The van der Waals surface area contributed by atoms with Crippen LogP contribution in [0, 0.1) is 5.92 Å². The molecule has 0 radical (unpaired) electrons. The van der Waals surface area contributed by atoms with E-state index in [0.29, 0.717) is 12.5 Å². The molecule has 3 nitrogen and oxygen atoms in total. The number of aryl methyl sites for hydroxylation is 1.